The second-order valence-electron chi connectivity index (χ2n) is 5.03. The molecule has 1 amide bonds. The van der Waals surface area contributed by atoms with Gasteiger partial charge in [0.1, 0.15) is 24.3 Å². The Morgan fingerprint density at radius 3 is 2.96 bits per heavy atom. The van der Waals surface area contributed by atoms with Crippen LogP contribution in [0.1, 0.15) is 16.8 Å². The number of rotatable bonds is 6. The molecule has 7 nitrogen and oxygen atoms in total. The van der Waals surface area contributed by atoms with Gasteiger partial charge in [0.25, 0.3) is 5.91 Å². The summed E-state index contributed by atoms with van der Waals surface area (Å²) in [6.07, 6.45) is -0.114. The van der Waals surface area contributed by atoms with Gasteiger partial charge in [0.15, 0.2) is 0 Å². The molecule has 1 aliphatic heterocycles. The van der Waals surface area contributed by atoms with Crippen LogP contribution in [0.2, 0.25) is 0 Å². The first kappa shape index (κ1) is 17.2. The standard InChI is InChI=1S/C15H18FNO6/c1-21-12-3-2-9(16)6-10(12)15(20)17-11-4-5-22-7-13(11)23-8-14(18)19/h2-3,6,11,13H,4-5,7-8H2,1H3,(H,17,20)(H,18,19). The Morgan fingerprint density at radius 2 is 2.26 bits per heavy atom. The first-order valence-corrected chi connectivity index (χ1v) is 7.07. The van der Waals surface area contributed by atoms with Crippen LogP contribution in [0.25, 0.3) is 0 Å². The van der Waals surface area contributed by atoms with Gasteiger partial charge in [-0.05, 0) is 24.6 Å². The zero-order valence-corrected chi connectivity index (χ0v) is 12.6. The van der Waals surface area contributed by atoms with Crippen molar-refractivity contribution in [3.05, 3.63) is 29.6 Å². The van der Waals surface area contributed by atoms with Crippen LogP contribution < -0.4 is 10.1 Å². The molecule has 0 saturated carbocycles. The van der Waals surface area contributed by atoms with E-state index in [1.807, 2.05) is 0 Å². The van der Waals surface area contributed by atoms with E-state index >= 15 is 0 Å². The average molecular weight is 327 g/mol. The van der Waals surface area contributed by atoms with Crippen LogP contribution in [0, 0.1) is 5.82 Å². The largest absolute Gasteiger partial charge is 0.496 e. The van der Waals surface area contributed by atoms with Gasteiger partial charge in [-0.1, -0.05) is 0 Å². The number of nitrogens with one attached hydrogen (secondary N) is 1. The minimum Gasteiger partial charge on any atom is -0.496 e. The van der Waals surface area contributed by atoms with Gasteiger partial charge in [-0.25, -0.2) is 9.18 Å². The molecule has 0 aromatic heterocycles. The maximum Gasteiger partial charge on any atom is 0.329 e. The fourth-order valence-electron chi connectivity index (χ4n) is 2.32. The van der Waals surface area contributed by atoms with Crippen molar-refractivity contribution in [1.29, 1.82) is 0 Å². The number of benzene rings is 1. The van der Waals surface area contributed by atoms with Crippen LogP contribution in [0.15, 0.2) is 18.2 Å². The molecule has 1 aromatic rings. The second kappa shape index (κ2) is 7.89. The lowest BCUT2D eigenvalue weighted by molar-refractivity contribution is -0.148. The van der Waals surface area contributed by atoms with Crippen LogP contribution in [-0.2, 0) is 14.3 Å². The van der Waals surface area contributed by atoms with E-state index in [4.69, 9.17) is 19.3 Å². The molecule has 8 heteroatoms. The van der Waals surface area contributed by atoms with E-state index in [0.29, 0.717) is 13.0 Å². The third-order valence-electron chi connectivity index (χ3n) is 3.45. The SMILES string of the molecule is COc1ccc(F)cc1C(=O)NC1CCOCC1OCC(=O)O. The summed E-state index contributed by atoms with van der Waals surface area (Å²) >= 11 is 0. The van der Waals surface area contributed by atoms with Crippen molar-refractivity contribution in [3.63, 3.8) is 0 Å². The molecule has 2 unspecified atom stereocenters. The van der Waals surface area contributed by atoms with Crippen molar-refractivity contribution >= 4 is 11.9 Å². The van der Waals surface area contributed by atoms with Gasteiger partial charge in [-0.15, -0.1) is 0 Å². The molecular formula is C15H18FNO6. The highest BCUT2D eigenvalue weighted by molar-refractivity contribution is 5.97. The van der Waals surface area contributed by atoms with Crippen molar-refractivity contribution in [2.75, 3.05) is 26.9 Å². The Bertz CT molecular complexity index is 579. The van der Waals surface area contributed by atoms with Crippen molar-refractivity contribution in [3.8, 4) is 5.75 Å². The predicted molar refractivity (Wildman–Crippen MR) is 77.0 cm³/mol. The highest BCUT2D eigenvalue weighted by atomic mass is 19.1. The number of hydrogen-bond acceptors (Lipinski definition) is 5. The quantitative estimate of drug-likeness (QED) is 0.803. The summed E-state index contributed by atoms with van der Waals surface area (Å²) in [5.41, 5.74) is 0.0657. The van der Waals surface area contributed by atoms with E-state index in [1.54, 1.807) is 0 Å². The average Bonchev–Trinajstić information content (AvgIpc) is 2.53. The van der Waals surface area contributed by atoms with Crippen molar-refractivity contribution < 1.29 is 33.3 Å². The lowest BCUT2D eigenvalue weighted by atomic mass is 10.0. The molecule has 126 valence electrons. The molecule has 2 N–H and O–H groups in total. The van der Waals surface area contributed by atoms with Gasteiger partial charge >= 0.3 is 5.97 Å². The fourth-order valence-corrected chi connectivity index (χ4v) is 2.32. The lowest BCUT2D eigenvalue weighted by Crippen LogP contribution is -2.50. The Kier molecular flexibility index (Phi) is 5.89. The molecule has 1 aliphatic rings. The maximum atomic E-state index is 13.4. The van der Waals surface area contributed by atoms with Crippen LogP contribution >= 0.6 is 0 Å². The van der Waals surface area contributed by atoms with Crippen LogP contribution in [-0.4, -0.2) is 56.1 Å². The van der Waals surface area contributed by atoms with Crippen molar-refractivity contribution in [2.24, 2.45) is 0 Å². The monoisotopic (exact) mass is 327 g/mol. The molecule has 0 aliphatic carbocycles. The second-order valence-corrected chi connectivity index (χ2v) is 5.03. The molecule has 1 fully saturated rings. The van der Waals surface area contributed by atoms with E-state index < -0.39 is 36.4 Å². The maximum absolute atomic E-state index is 13.4. The van der Waals surface area contributed by atoms with Crippen LogP contribution in [0.5, 0.6) is 5.75 Å². The van der Waals surface area contributed by atoms with Crippen LogP contribution in [0.3, 0.4) is 0 Å². The van der Waals surface area contributed by atoms with E-state index in [9.17, 15) is 14.0 Å². The van der Waals surface area contributed by atoms with Gasteiger partial charge in [-0.2, -0.15) is 0 Å². The zero-order valence-electron chi connectivity index (χ0n) is 12.6. The van der Waals surface area contributed by atoms with Gasteiger partial charge in [-0.3, -0.25) is 4.79 Å². The van der Waals surface area contributed by atoms with E-state index in [2.05, 4.69) is 5.32 Å². The Labute approximate surface area is 132 Å². The normalized spacial score (nSPS) is 20.8. The third kappa shape index (κ3) is 4.64. The number of amides is 1. The first-order chi connectivity index (χ1) is 11.0. The van der Waals surface area contributed by atoms with Gasteiger partial charge in [0.2, 0.25) is 0 Å². The minimum atomic E-state index is -1.10. The summed E-state index contributed by atoms with van der Waals surface area (Å²) in [5, 5.41) is 11.4. The molecule has 0 radical (unpaired) electrons. The van der Waals surface area contributed by atoms with Gasteiger partial charge < -0.3 is 24.6 Å². The molecule has 2 atom stereocenters. The summed E-state index contributed by atoms with van der Waals surface area (Å²) in [4.78, 5) is 23.0. The Balaban J connectivity index is 2.07. The minimum absolute atomic E-state index is 0.0657. The highest BCUT2D eigenvalue weighted by Gasteiger charge is 2.29. The number of halogens is 1. The number of ether oxygens (including phenoxy) is 3. The summed E-state index contributed by atoms with van der Waals surface area (Å²) in [5.74, 6) is -1.93. The molecule has 0 bridgehead atoms. The molecular weight excluding hydrogens is 309 g/mol. The molecule has 1 aromatic carbocycles. The molecule has 0 spiro atoms. The zero-order chi connectivity index (χ0) is 16.8. The first-order valence-electron chi connectivity index (χ1n) is 7.07. The molecule has 1 heterocycles. The number of carbonyl (C=O) groups is 2. The number of aliphatic carboxylic acids is 1. The summed E-state index contributed by atoms with van der Waals surface area (Å²) in [7, 11) is 1.39. The van der Waals surface area contributed by atoms with E-state index in [1.165, 1.54) is 19.2 Å². The number of hydrogen-bond donors (Lipinski definition) is 2. The number of methoxy groups -OCH3 is 1. The van der Waals surface area contributed by atoms with E-state index in [0.717, 1.165) is 6.07 Å². The topological polar surface area (TPSA) is 94.1 Å². The Hall–Kier alpha value is -2.19. The fraction of sp³-hybridized carbons (Fsp3) is 0.467. The molecule has 23 heavy (non-hydrogen) atoms. The highest BCUT2D eigenvalue weighted by Crippen LogP contribution is 2.20. The lowest BCUT2D eigenvalue weighted by Gasteiger charge is -2.31. The van der Waals surface area contributed by atoms with Crippen molar-refractivity contribution in [1.82, 2.24) is 5.32 Å². The number of carboxylic acid groups (broad SMARTS) is 1. The number of carboxylic acids is 1. The number of carbonyl (C=O) groups excluding carboxylic acids is 1. The summed E-state index contributed by atoms with van der Waals surface area (Å²) in [6, 6.07) is 3.22. The molecule has 2 rings (SSSR count). The van der Waals surface area contributed by atoms with Crippen LogP contribution in [0.4, 0.5) is 4.39 Å². The van der Waals surface area contributed by atoms with E-state index in [-0.39, 0.29) is 17.9 Å². The van der Waals surface area contributed by atoms with Crippen molar-refractivity contribution in [2.45, 2.75) is 18.6 Å². The molecule has 1 saturated heterocycles. The smallest absolute Gasteiger partial charge is 0.329 e. The van der Waals surface area contributed by atoms with Gasteiger partial charge in [0, 0.05) is 6.61 Å². The third-order valence-corrected chi connectivity index (χ3v) is 3.45. The summed E-state index contributed by atoms with van der Waals surface area (Å²) in [6.45, 7) is 0.111. The summed E-state index contributed by atoms with van der Waals surface area (Å²) < 4.78 is 28.9. The predicted octanol–water partition coefficient (Wildman–Crippen LogP) is 0.823. The van der Waals surface area contributed by atoms with Gasteiger partial charge in [0.05, 0.1) is 25.3 Å². The Morgan fingerprint density at radius 1 is 1.48 bits per heavy atom.